The molecule has 0 spiro atoms. The Morgan fingerprint density at radius 3 is 2.36 bits per heavy atom. The van der Waals surface area contributed by atoms with E-state index in [0.717, 1.165) is 12.8 Å². The first-order valence-corrected chi connectivity index (χ1v) is 11.1. The lowest BCUT2D eigenvalue weighted by atomic mass is 10.1. The fourth-order valence-electron chi connectivity index (χ4n) is 3.38. The lowest BCUT2D eigenvalue weighted by molar-refractivity contribution is 0.0752. The fourth-order valence-corrected chi connectivity index (χ4v) is 3.60. The highest BCUT2D eigenvalue weighted by atomic mass is 35.5. The van der Waals surface area contributed by atoms with Crippen molar-refractivity contribution < 1.29 is 23.5 Å². The van der Waals surface area contributed by atoms with Gasteiger partial charge in [-0.3, -0.25) is 4.79 Å². The first-order valence-electron chi connectivity index (χ1n) is 10.7. The summed E-state index contributed by atoms with van der Waals surface area (Å²) in [5.74, 6) is 2.17. The summed E-state index contributed by atoms with van der Waals surface area (Å²) in [6.45, 7) is 3.13. The number of aromatic nitrogens is 2. The number of hydrogen-bond donors (Lipinski definition) is 0. The second-order valence-corrected chi connectivity index (χ2v) is 7.71. The van der Waals surface area contributed by atoms with Gasteiger partial charge in [-0.25, -0.2) is 0 Å². The Kier molecular flexibility index (Phi) is 8.54. The van der Waals surface area contributed by atoms with Crippen LogP contribution in [0.4, 0.5) is 0 Å². The third kappa shape index (κ3) is 5.76. The number of methoxy groups -OCH3 is 3. The van der Waals surface area contributed by atoms with Crippen LogP contribution >= 0.6 is 11.6 Å². The molecule has 0 bridgehead atoms. The number of halogens is 1. The Hall–Kier alpha value is -3.26. The maximum absolute atomic E-state index is 13.1. The maximum Gasteiger partial charge on any atom is 0.255 e. The second-order valence-electron chi connectivity index (χ2n) is 7.30. The molecule has 9 heteroatoms. The lowest BCUT2D eigenvalue weighted by Gasteiger charge is -2.22. The van der Waals surface area contributed by atoms with Crippen LogP contribution in [-0.2, 0) is 6.42 Å². The summed E-state index contributed by atoms with van der Waals surface area (Å²) in [6.07, 6.45) is 2.27. The number of carbonyl (C=O) groups is 1. The highest BCUT2D eigenvalue weighted by Gasteiger charge is 2.20. The number of hydrogen-bond acceptors (Lipinski definition) is 7. The van der Waals surface area contributed by atoms with E-state index in [4.69, 9.17) is 30.3 Å². The highest BCUT2D eigenvalue weighted by molar-refractivity contribution is 6.33. The quantitative estimate of drug-likeness (QED) is 0.391. The third-order valence-electron chi connectivity index (χ3n) is 5.16. The zero-order chi connectivity index (χ0) is 23.8. The van der Waals surface area contributed by atoms with Crippen LogP contribution in [-0.4, -0.2) is 55.4 Å². The maximum atomic E-state index is 13.1. The summed E-state index contributed by atoms with van der Waals surface area (Å²) in [5.41, 5.74) is 1.15. The van der Waals surface area contributed by atoms with Crippen molar-refractivity contribution >= 4 is 17.5 Å². The first-order chi connectivity index (χ1) is 16.0. The van der Waals surface area contributed by atoms with Crippen molar-refractivity contribution in [3.63, 3.8) is 0 Å². The highest BCUT2D eigenvalue weighted by Crippen LogP contribution is 2.40. The molecule has 176 valence electrons. The number of nitrogens with zero attached hydrogens (tertiary/aromatic N) is 3. The van der Waals surface area contributed by atoms with Crippen LogP contribution in [0.5, 0.6) is 17.2 Å². The number of benzene rings is 2. The largest absolute Gasteiger partial charge is 0.493 e. The molecule has 0 saturated carbocycles. The van der Waals surface area contributed by atoms with Crippen molar-refractivity contribution in [2.45, 2.75) is 26.2 Å². The monoisotopic (exact) mass is 473 g/mol. The van der Waals surface area contributed by atoms with Gasteiger partial charge in [0.1, 0.15) is 0 Å². The summed E-state index contributed by atoms with van der Waals surface area (Å²) >= 11 is 6.24. The van der Waals surface area contributed by atoms with Gasteiger partial charge in [-0.1, -0.05) is 42.2 Å². The van der Waals surface area contributed by atoms with Crippen LogP contribution in [0.1, 0.15) is 36.0 Å². The summed E-state index contributed by atoms with van der Waals surface area (Å²) in [5, 5.41) is 4.52. The van der Waals surface area contributed by atoms with Gasteiger partial charge in [0, 0.05) is 25.1 Å². The van der Waals surface area contributed by atoms with Gasteiger partial charge in [0.2, 0.25) is 17.5 Å². The summed E-state index contributed by atoms with van der Waals surface area (Å²) in [6, 6.07) is 10.6. The van der Waals surface area contributed by atoms with Crippen molar-refractivity contribution in [1.29, 1.82) is 0 Å². The minimum atomic E-state index is -0.113. The standard InChI is InChI=1S/C24H28ClN3O5/c1-5-6-12-28(24(29)17-9-7-8-10-18(17)25)13-11-21-26-23(27-33-21)16-14-19(30-2)22(32-4)20(15-16)31-3/h7-10,14-15H,5-6,11-13H2,1-4H3. The normalized spacial score (nSPS) is 10.7. The number of unbranched alkanes of at least 4 members (excludes halogenated alkanes) is 1. The van der Waals surface area contributed by atoms with Gasteiger partial charge in [0.15, 0.2) is 11.5 Å². The Morgan fingerprint density at radius 2 is 1.76 bits per heavy atom. The molecule has 0 aliphatic rings. The molecule has 0 saturated heterocycles. The molecule has 0 fully saturated rings. The van der Waals surface area contributed by atoms with Crippen molar-refractivity contribution in [3.05, 3.63) is 52.9 Å². The number of ether oxygens (including phenoxy) is 3. The molecule has 0 radical (unpaired) electrons. The molecular formula is C24H28ClN3O5. The summed E-state index contributed by atoms with van der Waals surface area (Å²) in [7, 11) is 4.63. The van der Waals surface area contributed by atoms with Gasteiger partial charge in [-0.15, -0.1) is 0 Å². The van der Waals surface area contributed by atoms with Crippen molar-refractivity contribution in [2.75, 3.05) is 34.4 Å². The zero-order valence-corrected chi connectivity index (χ0v) is 20.0. The van der Waals surface area contributed by atoms with Crippen LogP contribution < -0.4 is 14.2 Å². The Morgan fingerprint density at radius 1 is 1.06 bits per heavy atom. The van der Waals surface area contributed by atoms with Crippen molar-refractivity contribution in [2.24, 2.45) is 0 Å². The Bertz CT molecular complexity index is 1060. The summed E-state index contributed by atoms with van der Waals surface area (Å²) in [4.78, 5) is 19.3. The molecule has 3 rings (SSSR count). The molecule has 2 aromatic carbocycles. The molecular weight excluding hydrogens is 446 g/mol. The first kappa shape index (κ1) is 24.4. The van der Waals surface area contributed by atoms with E-state index in [1.54, 1.807) is 62.6 Å². The number of rotatable bonds is 11. The summed E-state index contributed by atoms with van der Waals surface area (Å²) < 4.78 is 21.6. The van der Waals surface area contributed by atoms with Gasteiger partial charge in [-0.05, 0) is 30.7 Å². The molecule has 0 atom stereocenters. The van der Waals surface area contributed by atoms with E-state index in [1.165, 1.54) is 0 Å². The van der Waals surface area contributed by atoms with E-state index < -0.39 is 0 Å². The van der Waals surface area contributed by atoms with E-state index in [9.17, 15) is 4.79 Å². The van der Waals surface area contributed by atoms with Gasteiger partial charge < -0.3 is 23.6 Å². The van der Waals surface area contributed by atoms with E-state index in [1.807, 2.05) is 0 Å². The van der Waals surface area contributed by atoms with Gasteiger partial charge in [-0.2, -0.15) is 4.98 Å². The van der Waals surface area contributed by atoms with Gasteiger partial charge in [0.05, 0.1) is 31.9 Å². The van der Waals surface area contributed by atoms with Crippen LogP contribution in [0.25, 0.3) is 11.4 Å². The smallest absolute Gasteiger partial charge is 0.255 e. The van der Waals surface area contributed by atoms with Crippen molar-refractivity contribution in [1.82, 2.24) is 15.0 Å². The molecule has 1 heterocycles. The SMILES string of the molecule is CCCCN(CCc1nc(-c2cc(OC)c(OC)c(OC)c2)no1)C(=O)c1ccccc1Cl. The average molecular weight is 474 g/mol. The van der Waals surface area contributed by atoms with E-state index in [-0.39, 0.29) is 5.91 Å². The predicted octanol–water partition coefficient (Wildman–Crippen LogP) is 4.90. The topological polar surface area (TPSA) is 86.9 Å². The predicted molar refractivity (Wildman–Crippen MR) is 125 cm³/mol. The Labute approximate surface area is 198 Å². The van der Waals surface area contributed by atoms with Crippen LogP contribution in [0.15, 0.2) is 40.9 Å². The third-order valence-corrected chi connectivity index (χ3v) is 5.49. The van der Waals surface area contributed by atoms with E-state index in [2.05, 4.69) is 17.1 Å². The molecule has 0 N–H and O–H groups in total. The second kappa shape index (κ2) is 11.6. The van der Waals surface area contributed by atoms with Crippen LogP contribution in [0.2, 0.25) is 5.02 Å². The van der Waals surface area contributed by atoms with Gasteiger partial charge in [0.25, 0.3) is 5.91 Å². The van der Waals surface area contributed by atoms with Crippen molar-refractivity contribution in [3.8, 4) is 28.6 Å². The van der Waals surface area contributed by atoms with E-state index >= 15 is 0 Å². The molecule has 33 heavy (non-hydrogen) atoms. The Balaban J connectivity index is 1.77. The molecule has 3 aromatic rings. The van der Waals surface area contributed by atoms with E-state index in [0.29, 0.717) is 64.6 Å². The van der Waals surface area contributed by atoms with Gasteiger partial charge >= 0.3 is 0 Å². The van der Waals surface area contributed by atoms with Crippen LogP contribution in [0, 0.1) is 0 Å². The zero-order valence-electron chi connectivity index (χ0n) is 19.3. The minimum absolute atomic E-state index is 0.113. The average Bonchev–Trinajstić information content (AvgIpc) is 3.32. The molecule has 8 nitrogen and oxygen atoms in total. The molecule has 0 aliphatic heterocycles. The number of amides is 1. The molecule has 1 aromatic heterocycles. The lowest BCUT2D eigenvalue weighted by Crippen LogP contribution is -2.34. The molecule has 1 amide bonds. The fraction of sp³-hybridized carbons (Fsp3) is 0.375. The van der Waals surface area contributed by atoms with Crippen LogP contribution in [0.3, 0.4) is 0 Å². The minimum Gasteiger partial charge on any atom is -0.493 e. The molecule has 0 aliphatic carbocycles. The number of carbonyl (C=O) groups excluding carboxylic acids is 1. The molecule has 0 unspecified atom stereocenters.